The third-order valence-corrected chi connectivity index (χ3v) is 9.81. The number of nitrogens with zero attached hydrogens (tertiary/aromatic N) is 2. The Bertz CT molecular complexity index is 2320. The third kappa shape index (κ3) is 7.11. The van der Waals surface area contributed by atoms with Crippen LogP contribution in [0.5, 0.6) is 23.0 Å². The number of amides is 1. The first-order chi connectivity index (χ1) is 24.1. The fourth-order valence-electron chi connectivity index (χ4n) is 5.57. The van der Waals surface area contributed by atoms with E-state index in [4.69, 9.17) is 58.7 Å². The van der Waals surface area contributed by atoms with E-state index in [1.165, 1.54) is 30.1 Å². The zero-order valence-corrected chi connectivity index (χ0v) is 30.3. The van der Waals surface area contributed by atoms with Crippen molar-refractivity contribution in [2.75, 3.05) is 26.6 Å². The zero-order valence-electron chi connectivity index (χ0n) is 27.3. The Morgan fingerprint density at radius 1 is 0.900 bits per heavy atom. The van der Waals surface area contributed by atoms with Gasteiger partial charge in [0.1, 0.15) is 6.61 Å². The fraction of sp³-hybridized carbons (Fsp3) is 0.162. The Hall–Kier alpha value is -4.74. The van der Waals surface area contributed by atoms with Gasteiger partial charge in [0.15, 0.2) is 27.8 Å². The molecule has 0 radical (unpaired) electrons. The lowest BCUT2D eigenvalue weighted by atomic mass is 9.94. The number of anilines is 1. The second-order valence-corrected chi connectivity index (χ2v) is 13.3. The van der Waals surface area contributed by atoms with Gasteiger partial charge in [0.25, 0.3) is 11.5 Å². The largest absolute Gasteiger partial charge is 0.493 e. The summed E-state index contributed by atoms with van der Waals surface area (Å²) in [5.74, 6) is 1.25. The van der Waals surface area contributed by atoms with Crippen LogP contribution in [0.25, 0.3) is 6.08 Å². The summed E-state index contributed by atoms with van der Waals surface area (Å²) in [7, 11) is 4.57. The molecule has 1 aliphatic heterocycles. The van der Waals surface area contributed by atoms with E-state index in [1.807, 2.05) is 18.2 Å². The number of fused-ring (bicyclic) bond motifs is 1. The number of hydrogen-bond acceptors (Lipinski definition) is 8. The number of thiazole rings is 1. The molecule has 1 atom stereocenters. The summed E-state index contributed by atoms with van der Waals surface area (Å²) < 4.78 is 24.6. The smallest absolute Gasteiger partial charge is 0.271 e. The number of carbonyl (C=O) groups is 1. The van der Waals surface area contributed by atoms with Crippen molar-refractivity contribution in [2.24, 2.45) is 4.99 Å². The van der Waals surface area contributed by atoms with Gasteiger partial charge in [0.2, 0.25) is 0 Å². The van der Waals surface area contributed by atoms with Gasteiger partial charge in [-0.1, -0.05) is 76.5 Å². The summed E-state index contributed by atoms with van der Waals surface area (Å²) in [5.41, 5.74) is 2.99. The highest BCUT2D eigenvalue weighted by Gasteiger charge is 2.33. The maximum atomic E-state index is 14.3. The van der Waals surface area contributed by atoms with Crippen molar-refractivity contribution >= 4 is 63.8 Å². The molecule has 2 heterocycles. The predicted octanol–water partition coefficient (Wildman–Crippen LogP) is 7.44. The van der Waals surface area contributed by atoms with Crippen LogP contribution in [-0.2, 0) is 11.4 Å². The molecule has 6 rings (SSSR count). The summed E-state index contributed by atoms with van der Waals surface area (Å²) in [4.78, 5) is 33.4. The Morgan fingerprint density at radius 3 is 2.34 bits per heavy atom. The minimum Gasteiger partial charge on any atom is -0.493 e. The van der Waals surface area contributed by atoms with Gasteiger partial charge in [-0.05, 0) is 72.7 Å². The number of hydrogen-bond donors (Lipinski definition) is 1. The number of nitrogens with one attached hydrogen (secondary N) is 1. The van der Waals surface area contributed by atoms with Crippen molar-refractivity contribution in [1.29, 1.82) is 0 Å². The van der Waals surface area contributed by atoms with E-state index in [9.17, 15) is 9.59 Å². The van der Waals surface area contributed by atoms with Crippen molar-refractivity contribution in [2.45, 2.75) is 19.6 Å². The minimum atomic E-state index is -0.828. The molecular formula is C37H30Cl3N3O6S. The molecule has 1 N–H and O–H groups in total. The van der Waals surface area contributed by atoms with E-state index < -0.39 is 11.9 Å². The van der Waals surface area contributed by atoms with Gasteiger partial charge in [0, 0.05) is 21.3 Å². The van der Waals surface area contributed by atoms with Crippen LogP contribution in [0.15, 0.2) is 99.9 Å². The van der Waals surface area contributed by atoms with Crippen molar-refractivity contribution in [3.63, 3.8) is 0 Å². The van der Waals surface area contributed by atoms with Gasteiger partial charge in [0.05, 0.1) is 48.2 Å². The average molecular weight is 751 g/mol. The van der Waals surface area contributed by atoms with E-state index in [2.05, 4.69) is 5.32 Å². The van der Waals surface area contributed by atoms with Crippen LogP contribution in [0.3, 0.4) is 0 Å². The number of rotatable bonds is 10. The molecular weight excluding hydrogens is 721 g/mol. The molecule has 256 valence electrons. The number of halogens is 3. The molecule has 4 aromatic carbocycles. The van der Waals surface area contributed by atoms with Crippen LogP contribution in [0.4, 0.5) is 5.69 Å². The van der Waals surface area contributed by atoms with Crippen LogP contribution >= 0.6 is 46.1 Å². The molecule has 0 spiro atoms. The summed E-state index contributed by atoms with van der Waals surface area (Å²) in [6.07, 6.45) is 1.70. The van der Waals surface area contributed by atoms with Crippen molar-refractivity contribution < 1.29 is 23.7 Å². The molecule has 0 fully saturated rings. The van der Waals surface area contributed by atoms with Gasteiger partial charge in [-0.3, -0.25) is 14.2 Å². The molecule has 1 amide bonds. The van der Waals surface area contributed by atoms with Gasteiger partial charge in [-0.2, -0.15) is 0 Å². The molecule has 50 heavy (non-hydrogen) atoms. The number of benzene rings is 4. The first kappa shape index (κ1) is 35.1. The van der Waals surface area contributed by atoms with E-state index in [0.29, 0.717) is 70.5 Å². The molecule has 9 nitrogen and oxygen atoms in total. The van der Waals surface area contributed by atoms with Gasteiger partial charge < -0.3 is 24.3 Å². The normalized spacial score (nSPS) is 14.1. The maximum Gasteiger partial charge on any atom is 0.271 e. The first-order valence-electron chi connectivity index (χ1n) is 15.2. The van der Waals surface area contributed by atoms with E-state index in [1.54, 1.807) is 80.8 Å². The van der Waals surface area contributed by atoms with Crippen molar-refractivity contribution in [1.82, 2.24) is 4.57 Å². The number of allylic oxidation sites excluding steroid dienone is 1. The predicted molar refractivity (Wildman–Crippen MR) is 197 cm³/mol. The Balaban J connectivity index is 1.43. The summed E-state index contributed by atoms with van der Waals surface area (Å²) in [6.45, 7) is 1.88. The summed E-state index contributed by atoms with van der Waals surface area (Å²) in [5, 5.41) is 4.20. The molecule has 13 heteroatoms. The van der Waals surface area contributed by atoms with Gasteiger partial charge in [-0.25, -0.2) is 4.99 Å². The number of ether oxygens (including phenoxy) is 4. The van der Waals surface area contributed by atoms with Crippen LogP contribution in [0, 0.1) is 0 Å². The topological polar surface area (TPSA) is 100 Å². The number of para-hydroxylation sites is 1. The third-order valence-electron chi connectivity index (χ3n) is 7.96. The van der Waals surface area contributed by atoms with Crippen LogP contribution < -0.4 is 39.2 Å². The SMILES string of the molecule is COc1ccc([C@H]2C(C(=O)Nc3ccccc3)=C(C)N=c3s/c(=C\c4cc(Cl)c(OCc5ccc(Cl)cc5Cl)c(OC)c4)c(=O)n32)cc1OC. The molecule has 5 aromatic rings. The molecule has 0 unspecified atom stereocenters. The maximum absolute atomic E-state index is 14.3. The molecule has 0 saturated carbocycles. The first-order valence-corrected chi connectivity index (χ1v) is 17.1. The molecule has 1 aromatic heterocycles. The zero-order chi connectivity index (χ0) is 35.5. The summed E-state index contributed by atoms with van der Waals surface area (Å²) >= 11 is 20.2. The molecule has 0 saturated heterocycles. The number of aromatic nitrogens is 1. The van der Waals surface area contributed by atoms with E-state index in [-0.39, 0.29) is 17.2 Å². The van der Waals surface area contributed by atoms with Crippen LogP contribution in [0.1, 0.15) is 29.7 Å². The van der Waals surface area contributed by atoms with Crippen molar-refractivity contribution in [3.05, 3.63) is 142 Å². The van der Waals surface area contributed by atoms with Gasteiger partial charge in [-0.15, -0.1) is 0 Å². The highest BCUT2D eigenvalue weighted by atomic mass is 35.5. The number of carbonyl (C=O) groups excluding carboxylic acids is 1. The molecule has 1 aliphatic rings. The molecule has 0 bridgehead atoms. The molecule has 0 aliphatic carbocycles. The van der Waals surface area contributed by atoms with Crippen LogP contribution in [-0.4, -0.2) is 31.8 Å². The average Bonchev–Trinajstić information content (AvgIpc) is 3.41. The Kier molecular flexibility index (Phi) is 10.5. The minimum absolute atomic E-state index is 0.125. The second-order valence-electron chi connectivity index (χ2n) is 11.1. The standard InChI is InChI=1S/C37H30Cl3N3O6S/c1-20-32(35(44)42-25-8-6-5-7-9-25)33(22-11-13-28(46-2)29(17-22)47-3)43-36(45)31(50-37(43)41-20)16-21-14-27(40)34(30(15-21)48-4)49-19-23-10-12-24(38)18-26(23)39/h5-18,33H,19H2,1-4H3,(H,42,44)/b31-16-/t33-/m0/s1. The lowest BCUT2D eigenvalue weighted by Gasteiger charge is -2.26. The quantitative estimate of drug-likeness (QED) is 0.159. The Labute approximate surface area is 306 Å². The highest BCUT2D eigenvalue weighted by Crippen LogP contribution is 2.38. The lowest BCUT2D eigenvalue weighted by molar-refractivity contribution is -0.113. The number of methoxy groups -OCH3 is 3. The lowest BCUT2D eigenvalue weighted by Crippen LogP contribution is -2.40. The van der Waals surface area contributed by atoms with Gasteiger partial charge >= 0.3 is 0 Å². The summed E-state index contributed by atoms with van der Waals surface area (Å²) in [6, 6.07) is 22.1. The van der Waals surface area contributed by atoms with Crippen molar-refractivity contribution in [3.8, 4) is 23.0 Å². The second kappa shape index (κ2) is 15.0. The van der Waals surface area contributed by atoms with E-state index in [0.717, 1.165) is 5.56 Å². The Morgan fingerprint density at radius 2 is 1.64 bits per heavy atom. The fourth-order valence-corrected chi connectivity index (χ4v) is 7.36. The van der Waals surface area contributed by atoms with E-state index >= 15 is 0 Å². The van der Waals surface area contributed by atoms with Crippen LogP contribution in [0.2, 0.25) is 15.1 Å². The highest BCUT2D eigenvalue weighted by molar-refractivity contribution is 7.07. The monoisotopic (exact) mass is 749 g/mol.